The van der Waals surface area contributed by atoms with Gasteiger partial charge in [-0.3, -0.25) is 0 Å². The van der Waals surface area contributed by atoms with Gasteiger partial charge in [-0.25, -0.2) is 8.78 Å². The van der Waals surface area contributed by atoms with Crippen molar-refractivity contribution in [3.05, 3.63) is 59.7 Å². The van der Waals surface area contributed by atoms with Crippen LogP contribution in [0.5, 0.6) is 11.5 Å². The molecule has 0 spiro atoms. The third-order valence-corrected chi connectivity index (χ3v) is 2.52. The van der Waals surface area contributed by atoms with Crippen molar-refractivity contribution in [1.82, 2.24) is 0 Å². The molecular formula is C13H9ClF2O. The van der Waals surface area contributed by atoms with Crippen LogP contribution in [0.15, 0.2) is 42.5 Å². The van der Waals surface area contributed by atoms with E-state index in [2.05, 4.69) is 0 Å². The van der Waals surface area contributed by atoms with Crippen LogP contribution in [0.25, 0.3) is 0 Å². The van der Waals surface area contributed by atoms with Gasteiger partial charge in [-0.15, -0.1) is 11.6 Å². The van der Waals surface area contributed by atoms with Crippen LogP contribution in [0.2, 0.25) is 0 Å². The van der Waals surface area contributed by atoms with Crippen molar-refractivity contribution >= 4 is 11.6 Å². The van der Waals surface area contributed by atoms with Crippen LogP contribution < -0.4 is 4.74 Å². The Hall–Kier alpha value is -1.61. The summed E-state index contributed by atoms with van der Waals surface area (Å²) in [7, 11) is 0. The summed E-state index contributed by atoms with van der Waals surface area (Å²) >= 11 is 5.73. The predicted molar refractivity (Wildman–Crippen MR) is 62.4 cm³/mol. The number of alkyl halides is 1. The van der Waals surface area contributed by atoms with Crippen LogP contribution in [0.3, 0.4) is 0 Å². The number of benzene rings is 2. The standard InChI is InChI=1S/C13H9ClF2O/c14-8-9-3-1-2-4-12(9)17-13-6-5-10(15)7-11(13)16/h1-7H,8H2. The van der Waals surface area contributed by atoms with Gasteiger partial charge in [0.25, 0.3) is 0 Å². The maximum Gasteiger partial charge on any atom is 0.168 e. The van der Waals surface area contributed by atoms with Gasteiger partial charge in [0.1, 0.15) is 11.6 Å². The first-order chi connectivity index (χ1) is 8.20. The maximum atomic E-state index is 13.4. The van der Waals surface area contributed by atoms with Gasteiger partial charge in [0.05, 0.1) is 5.88 Å². The second-order valence-electron chi connectivity index (χ2n) is 3.42. The van der Waals surface area contributed by atoms with E-state index in [1.54, 1.807) is 18.2 Å². The average Bonchev–Trinajstić information content (AvgIpc) is 2.33. The smallest absolute Gasteiger partial charge is 0.168 e. The number of halogens is 3. The highest BCUT2D eigenvalue weighted by atomic mass is 35.5. The Balaban J connectivity index is 2.31. The number of ether oxygens (including phenoxy) is 1. The molecule has 4 heteroatoms. The van der Waals surface area contributed by atoms with Gasteiger partial charge in [-0.2, -0.15) is 0 Å². The van der Waals surface area contributed by atoms with Crippen molar-refractivity contribution in [2.75, 3.05) is 0 Å². The van der Waals surface area contributed by atoms with E-state index in [1.165, 1.54) is 6.07 Å². The lowest BCUT2D eigenvalue weighted by Gasteiger charge is -2.09. The molecule has 0 saturated heterocycles. The molecule has 0 amide bonds. The van der Waals surface area contributed by atoms with E-state index in [0.717, 1.165) is 17.7 Å². The number of hydrogen-bond donors (Lipinski definition) is 0. The van der Waals surface area contributed by atoms with Crippen LogP contribution in [-0.2, 0) is 5.88 Å². The second-order valence-corrected chi connectivity index (χ2v) is 3.69. The van der Waals surface area contributed by atoms with Crippen molar-refractivity contribution in [2.45, 2.75) is 5.88 Å². The van der Waals surface area contributed by atoms with E-state index in [4.69, 9.17) is 16.3 Å². The minimum absolute atomic E-state index is 0.0241. The minimum atomic E-state index is -0.741. The van der Waals surface area contributed by atoms with Crippen molar-refractivity contribution in [3.63, 3.8) is 0 Å². The lowest BCUT2D eigenvalue weighted by molar-refractivity contribution is 0.435. The summed E-state index contributed by atoms with van der Waals surface area (Å²) in [6, 6.07) is 10.2. The Morgan fingerprint density at radius 1 is 1.00 bits per heavy atom. The quantitative estimate of drug-likeness (QED) is 0.733. The molecule has 0 atom stereocenters. The summed E-state index contributed by atoms with van der Waals surface area (Å²) in [5.41, 5.74) is 0.748. The Bertz CT molecular complexity index is 529. The van der Waals surface area contributed by atoms with Gasteiger partial charge < -0.3 is 4.74 Å². The molecule has 0 N–H and O–H groups in total. The highest BCUT2D eigenvalue weighted by Gasteiger charge is 2.08. The molecule has 0 aliphatic rings. The predicted octanol–water partition coefficient (Wildman–Crippen LogP) is 4.50. The average molecular weight is 255 g/mol. The summed E-state index contributed by atoms with van der Waals surface area (Å²) < 4.78 is 31.4. The first kappa shape index (κ1) is 11.9. The third-order valence-electron chi connectivity index (χ3n) is 2.23. The molecule has 1 nitrogen and oxygen atoms in total. The second kappa shape index (κ2) is 5.15. The SMILES string of the molecule is Fc1ccc(Oc2ccccc2CCl)c(F)c1. The van der Waals surface area contributed by atoms with Crippen LogP contribution in [0.4, 0.5) is 8.78 Å². The lowest BCUT2D eigenvalue weighted by atomic mass is 10.2. The lowest BCUT2D eigenvalue weighted by Crippen LogP contribution is -1.92. The molecule has 0 aliphatic carbocycles. The van der Waals surface area contributed by atoms with Gasteiger partial charge in [0.2, 0.25) is 0 Å². The molecule has 0 bridgehead atoms. The molecular weight excluding hydrogens is 246 g/mol. The molecule has 2 rings (SSSR count). The first-order valence-electron chi connectivity index (χ1n) is 4.97. The van der Waals surface area contributed by atoms with E-state index in [0.29, 0.717) is 5.75 Å². The van der Waals surface area contributed by atoms with E-state index in [1.807, 2.05) is 6.07 Å². The van der Waals surface area contributed by atoms with Gasteiger partial charge in [-0.05, 0) is 18.2 Å². The Kier molecular flexibility index (Phi) is 3.59. The Morgan fingerprint density at radius 2 is 1.76 bits per heavy atom. The summed E-state index contributed by atoms with van der Waals surface area (Å²) in [4.78, 5) is 0. The van der Waals surface area contributed by atoms with E-state index in [-0.39, 0.29) is 11.6 Å². The Labute approximate surface area is 103 Å². The molecule has 0 aliphatic heterocycles. The van der Waals surface area contributed by atoms with Crippen molar-refractivity contribution in [1.29, 1.82) is 0 Å². The summed E-state index contributed by atoms with van der Waals surface area (Å²) in [6.07, 6.45) is 0. The molecule has 0 saturated carbocycles. The van der Waals surface area contributed by atoms with Gasteiger partial charge in [-0.1, -0.05) is 18.2 Å². The van der Waals surface area contributed by atoms with Gasteiger partial charge >= 0.3 is 0 Å². The van der Waals surface area contributed by atoms with E-state index < -0.39 is 11.6 Å². The molecule has 0 aromatic heterocycles. The molecule has 17 heavy (non-hydrogen) atoms. The van der Waals surface area contributed by atoms with Crippen molar-refractivity contribution < 1.29 is 13.5 Å². The highest BCUT2D eigenvalue weighted by Crippen LogP contribution is 2.28. The third kappa shape index (κ3) is 2.74. The van der Waals surface area contributed by atoms with Crippen LogP contribution in [0.1, 0.15) is 5.56 Å². The van der Waals surface area contributed by atoms with E-state index >= 15 is 0 Å². The fourth-order valence-corrected chi connectivity index (χ4v) is 1.61. The zero-order chi connectivity index (χ0) is 12.3. The first-order valence-corrected chi connectivity index (χ1v) is 5.51. The molecule has 0 unspecified atom stereocenters. The van der Waals surface area contributed by atoms with Crippen molar-refractivity contribution in [3.8, 4) is 11.5 Å². The Morgan fingerprint density at radius 3 is 2.47 bits per heavy atom. The largest absolute Gasteiger partial charge is 0.454 e. The minimum Gasteiger partial charge on any atom is -0.454 e. The maximum absolute atomic E-state index is 13.4. The van der Waals surface area contributed by atoms with Gasteiger partial charge in [0, 0.05) is 11.6 Å². The fourth-order valence-electron chi connectivity index (χ4n) is 1.39. The van der Waals surface area contributed by atoms with Crippen molar-refractivity contribution in [2.24, 2.45) is 0 Å². The van der Waals surface area contributed by atoms with E-state index in [9.17, 15) is 8.78 Å². The number of hydrogen-bond acceptors (Lipinski definition) is 1. The van der Waals surface area contributed by atoms with Crippen LogP contribution >= 0.6 is 11.6 Å². The zero-order valence-corrected chi connectivity index (χ0v) is 9.55. The summed E-state index contributed by atoms with van der Waals surface area (Å²) in [6.45, 7) is 0. The van der Waals surface area contributed by atoms with Gasteiger partial charge in [0.15, 0.2) is 11.6 Å². The summed E-state index contributed by atoms with van der Waals surface area (Å²) in [5, 5.41) is 0. The van der Waals surface area contributed by atoms with Crippen LogP contribution in [0, 0.1) is 11.6 Å². The highest BCUT2D eigenvalue weighted by molar-refractivity contribution is 6.17. The number of rotatable bonds is 3. The molecule has 0 heterocycles. The zero-order valence-electron chi connectivity index (χ0n) is 8.79. The molecule has 2 aromatic carbocycles. The topological polar surface area (TPSA) is 9.23 Å². The number of para-hydroxylation sites is 1. The molecule has 0 fully saturated rings. The summed E-state index contributed by atoms with van der Waals surface area (Å²) in [5.74, 6) is -0.675. The fraction of sp³-hybridized carbons (Fsp3) is 0.0769. The normalized spacial score (nSPS) is 10.3. The monoisotopic (exact) mass is 254 g/mol. The van der Waals surface area contributed by atoms with Crippen LogP contribution in [-0.4, -0.2) is 0 Å². The molecule has 2 aromatic rings. The molecule has 0 radical (unpaired) electrons. The molecule has 88 valence electrons.